The second-order valence-electron chi connectivity index (χ2n) is 4.98. The number of thiazole rings is 1. The summed E-state index contributed by atoms with van der Waals surface area (Å²) in [5.41, 5.74) is 2.75. The number of rotatable bonds is 4. The number of aromatic nitrogens is 1. The Balaban J connectivity index is 1.59. The molecule has 4 heteroatoms. The predicted molar refractivity (Wildman–Crippen MR) is 80.8 cm³/mol. The molecule has 1 unspecified atom stereocenters. The van der Waals surface area contributed by atoms with Gasteiger partial charge in [0.2, 0.25) is 0 Å². The standard InChI is InChI=1S/C15H19N3S/c1-11-18-10-13(19-11)9-16-8-12-6-7-17-15-5-3-2-4-14(12)15/h2-5,10,12,16-17H,6-9H2,1H3. The van der Waals surface area contributed by atoms with E-state index in [-0.39, 0.29) is 0 Å². The highest BCUT2D eigenvalue weighted by Crippen LogP contribution is 2.30. The molecule has 19 heavy (non-hydrogen) atoms. The molecule has 2 N–H and O–H groups in total. The third kappa shape index (κ3) is 2.96. The van der Waals surface area contributed by atoms with E-state index in [0.717, 1.165) is 24.6 Å². The van der Waals surface area contributed by atoms with Crippen LogP contribution in [-0.2, 0) is 6.54 Å². The summed E-state index contributed by atoms with van der Waals surface area (Å²) >= 11 is 1.77. The van der Waals surface area contributed by atoms with E-state index in [1.165, 1.54) is 22.5 Å². The van der Waals surface area contributed by atoms with Gasteiger partial charge in [0.05, 0.1) is 5.01 Å². The highest BCUT2D eigenvalue weighted by molar-refractivity contribution is 7.11. The normalized spacial score (nSPS) is 17.8. The van der Waals surface area contributed by atoms with Crippen LogP contribution in [0.25, 0.3) is 0 Å². The quantitative estimate of drug-likeness (QED) is 0.898. The number of para-hydroxylation sites is 1. The predicted octanol–water partition coefficient (Wildman–Crippen LogP) is 3.14. The summed E-state index contributed by atoms with van der Waals surface area (Å²) < 4.78 is 0. The lowest BCUT2D eigenvalue weighted by molar-refractivity contribution is 0.553. The van der Waals surface area contributed by atoms with Gasteiger partial charge in [0.1, 0.15) is 0 Å². The molecule has 1 atom stereocenters. The van der Waals surface area contributed by atoms with Gasteiger partial charge in [0.15, 0.2) is 0 Å². The summed E-state index contributed by atoms with van der Waals surface area (Å²) in [4.78, 5) is 5.61. The van der Waals surface area contributed by atoms with Crippen LogP contribution in [0.4, 0.5) is 5.69 Å². The Labute approximate surface area is 118 Å². The molecule has 0 saturated heterocycles. The SMILES string of the molecule is Cc1ncc(CNCC2CCNc3ccccc32)s1. The van der Waals surface area contributed by atoms with Crippen LogP contribution in [0.1, 0.15) is 27.8 Å². The first-order valence-electron chi connectivity index (χ1n) is 6.78. The van der Waals surface area contributed by atoms with Crippen LogP contribution in [0, 0.1) is 6.92 Å². The van der Waals surface area contributed by atoms with Gasteiger partial charge in [-0.25, -0.2) is 4.98 Å². The van der Waals surface area contributed by atoms with Crippen molar-refractivity contribution in [3.63, 3.8) is 0 Å². The molecule has 0 amide bonds. The molecule has 1 aliphatic rings. The lowest BCUT2D eigenvalue weighted by Gasteiger charge is -2.26. The second kappa shape index (κ2) is 5.72. The van der Waals surface area contributed by atoms with Crippen LogP contribution in [-0.4, -0.2) is 18.1 Å². The molecule has 0 bridgehead atoms. The maximum absolute atomic E-state index is 4.29. The van der Waals surface area contributed by atoms with Gasteiger partial charge in [-0.1, -0.05) is 18.2 Å². The summed E-state index contributed by atoms with van der Waals surface area (Å²) in [5.74, 6) is 0.617. The molecule has 2 aromatic rings. The van der Waals surface area contributed by atoms with Gasteiger partial charge in [-0.05, 0) is 25.0 Å². The molecule has 0 fully saturated rings. The molecular weight excluding hydrogens is 254 g/mol. The molecular formula is C15H19N3S. The van der Waals surface area contributed by atoms with E-state index >= 15 is 0 Å². The third-order valence-electron chi connectivity index (χ3n) is 3.57. The highest BCUT2D eigenvalue weighted by Gasteiger charge is 2.18. The zero-order valence-electron chi connectivity index (χ0n) is 11.1. The molecule has 1 aromatic carbocycles. The van der Waals surface area contributed by atoms with Crippen molar-refractivity contribution < 1.29 is 0 Å². The topological polar surface area (TPSA) is 37.0 Å². The van der Waals surface area contributed by atoms with Crippen molar-refractivity contribution >= 4 is 17.0 Å². The van der Waals surface area contributed by atoms with Crippen LogP contribution >= 0.6 is 11.3 Å². The van der Waals surface area contributed by atoms with Crippen molar-refractivity contribution in [1.82, 2.24) is 10.3 Å². The molecule has 0 saturated carbocycles. The Kier molecular flexibility index (Phi) is 3.80. The number of hydrogen-bond acceptors (Lipinski definition) is 4. The number of fused-ring (bicyclic) bond motifs is 1. The first-order valence-corrected chi connectivity index (χ1v) is 7.59. The Morgan fingerprint density at radius 3 is 3.16 bits per heavy atom. The molecule has 100 valence electrons. The molecule has 0 aliphatic carbocycles. The number of hydrogen-bond donors (Lipinski definition) is 2. The lowest BCUT2D eigenvalue weighted by atomic mass is 9.91. The summed E-state index contributed by atoms with van der Waals surface area (Å²) in [6.45, 7) is 5.09. The summed E-state index contributed by atoms with van der Waals surface area (Å²) in [5, 5.41) is 8.18. The maximum Gasteiger partial charge on any atom is 0.0897 e. The highest BCUT2D eigenvalue weighted by atomic mass is 32.1. The van der Waals surface area contributed by atoms with E-state index < -0.39 is 0 Å². The number of nitrogens with zero attached hydrogens (tertiary/aromatic N) is 1. The minimum Gasteiger partial charge on any atom is -0.385 e. The Hall–Kier alpha value is -1.39. The first-order chi connectivity index (χ1) is 9.33. The van der Waals surface area contributed by atoms with Crippen LogP contribution in [0.5, 0.6) is 0 Å². The summed E-state index contributed by atoms with van der Waals surface area (Å²) in [6.07, 6.45) is 3.18. The number of benzene rings is 1. The van der Waals surface area contributed by atoms with E-state index in [1.54, 1.807) is 11.3 Å². The molecule has 1 aromatic heterocycles. The fraction of sp³-hybridized carbons (Fsp3) is 0.400. The van der Waals surface area contributed by atoms with Gasteiger partial charge in [-0.3, -0.25) is 0 Å². The van der Waals surface area contributed by atoms with Crippen molar-refractivity contribution in [3.8, 4) is 0 Å². The van der Waals surface area contributed by atoms with Crippen molar-refractivity contribution in [2.75, 3.05) is 18.4 Å². The molecule has 0 spiro atoms. The summed E-state index contributed by atoms with van der Waals surface area (Å²) in [6, 6.07) is 8.64. The first kappa shape index (κ1) is 12.6. The number of aryl methyl sites for hydroxylation is 1. The number of nitrogens with one attached hydrogen (secondary N) is 2. The smallest absolute Gasteiger partial charge is 0.0897 e. The minimum atomic E-state index is 0.617. The van der Waals surface area contributed by atoms with Gasteiger partial charge in [0.25, 0.3) is 0 Å². The number of anilines is 1. The Morgan fingerprint density at radius 1 is 1.42 bits per heavy atom. The van der Waals surface area contributed by atoms with Gasteiger partial charge >= 0.3 is 0 Å². The van der Waals surface area contributed by atoms with Crippen molar-refractivity contribution in [3.05, 3.63) is 45.9 Å². The lowest BCUT2D eigenvalue weighted by Crippen LogP contribution is -2.26. The van der Waals surface area contributed by atoms with Crippen LogP contribution in [0.3, 0.4) is 0 Å². The zero-order chi connectivity index (χ0) is 13.1. The largest absolute Gasteiger partial charge is 0.385 e. The van der Waals surface area contributed by atoms with Crippen LogP contribution < -0.4 is 10.6 Å². The van der Waals surface area contributed by atoms with Crippen LogP contribution in [0.15, 0.2) is 30.5 Å². The summed E-state index contributed by atoms with van der Waals surface area (Å²) in [7, 11) is 0. The Morgan fingerprint density at radius 2 is 2.32 bits per heavy atom. The maximum atomic E-state index is 4.29. The second-order valence-corrected chi connectivity index (χ2v) is 6.30. The average molecular weight is 273 g/mol. The van der Waals surface area contributed by atoms with E-state index in [0.29, 0.717) is 5.92 Å². The Bertz CT molecular complexity index is 550. The molecule has 2 heterocycles. The molecule has 0 radical (unpaired) electrons. The molecule has 1 aliphatic heterocycles. The fourth-order valence-electron chi connectivity index (χ4n) is 2.62. The van der Waals surface area contributed by atoms with Gasteiger partial charge in [-0.2, -0.15) is 0 Å². The zero-order valence-corrected chi connectivity index (χ0v) is 12.0. The third-order valence-corrected chi connectivity index (χ3v) is 4.48. The average Bonchev–Trinajstić information content (AvgIpc) is 2.85. The van der Waals surface area contributed by atoms with E-state index in [9.17, 15) is 0 Å². The van der Waals surface area contributed by atoms with Gasteiger partial charge < -0.3 is 10.6 Å². The van der Waals surface area contributed by atoms with E-state index in [1.807, 2.05) is 6.20 Å². The van der Waals surface area contributed by atoms with Crippen molar-refractivity contribution in [2.24, 2.45) is 0 Å². The molecule has 3 nitrogen and oxygen atoms in total. The van der Waals surface area contributed by atoms with E-state index in [2.05, 4.69) is 46.8 Å². The fourth-order valence-corrected chi connectivity index (χ4v) is 3.38. The minimum absolute atomic E-state index is 0.617. The van der Waals surface area contributed by atoms with E-state index in [4.69, 9.17) is 0 Å². The van der Waals surface area contributed by atoms with Crippen molar-refractivity contribution in [2.45, 2.75) is 25.8 Å². The van der Waals surface area contributed by atoms with Gasteiger partial charge in [0, 0.05) is 42.3 Å². The molecule has 3 rings (SSSR count). The van der Waals surface area contributed by atoms with Crippen LogP contribution in [0.2, 0.25) is 0 Å². The monoisotopic (exact) mass is 273 g/mol. The van der Waals surface area contributed by atoms with Gasteiger partial charge in [-0.15, -0.1) is 11.3 Å². The van der Waals surface area contributed by atoms with Crippen molar-refractivity contribution in [1.29, 1.82) is 0 Å².